The fourth-order valence-electron chi connectivity index (χ4n) is 5.92. The molecule has 29 heavy (non-hydrogen) atoms. The van der Waals surface area contributed by atoms with Gasteiger partial charge in [0.05, 0.1) is 5.60 Å². The minimum atomic E-state index is -1.16. The van der Waals surface area contributed by atoms with E-state index in [9.17, 15) is 19.8 Å². The van der Waals surface area contributed by atoms with Crippen LogP contribution in [0.3, 0.4) is 0 Å². The van der Waals surface area contributed by atoms with Crippen LogP contribution in [-0.4, -0.2) is 81.7 Å². The zero-order chi connectivity index (χ0) is 21.0. The Morgan fingerprint density at radius 3 is 2.59 bits per heavy atom. The zero-order valence-corrected chi connectivity index (χ0v) is 17.5. The quantitative estimate of drug-likeness (QED) is 0.788. The standard InChI is InChI=1S/C22H31N3O4/c1-4-24-11-8-21-14-19(27)25(5-2)20(28)23(3)10-9-22(21,29)18(24)12-15-6-7-16(26)13-17(15)21/h6-7,13,18,26,29H,4-5,8-12,14H2,1-3H3/t18-,21-,22-/m1/s1. The summed E-state index contributed by atoms with van der Waals surface area (Å²) >= 11 is 0. The summed E-state index contributed by atoms with van der Waals surface area (Å²) in [7, 11) is 1.69. The van der Waals surface area contributed by atoms with E-state index in [4.69, 9.17) is 0 Å². The molecule has 1 aromatic carbocycles. The summed E-state index contributed by atoms with van der Waals surface area (Å²) in [5.74, 6) is -0.116. The number of imide groups is 1. The molecule has 0 unspecified atom stereocenters. The number of phenols is 1. The summed E-state index contributed by atoms with van der Waals surface area (Å²) in [5, 5.41) is 22.5. The second-order valence-electron chi connectivity index (χ2n) is 8.72. The number of amides is 3. The Morgan fingerprint density at radius 2 is 1.90 bits per heavy atom. The molecule has 2 bridgehead atoms. The predicted molar refractivity (Wildman–Crippen MR) is 109 cm³/mol. The first kappa shape index (κ1) is 20.2. The van der Waals surface area contributed by atoms with Gasteiger partial charge in [-0.05, 0) is 62.5 Å². The highest BCUT2D eigenvalue weighted by Crippen LogP contribution is 2.55. The predicted octanol–water partition coefficient (Wildman–Crippen LogP) is 1.71. The highest BCUT2D eigenvalue weighted by Gasteiger charge is 2.63. The topological polar surface area (TPSA) is 84.3 Å². The minimum absolute atomic E-state index is 0.0709. The van der Waals surface area contributed by atoms with E-state index in [1.807, 2.05) is 6.07 Å². The maximum absolute atomic E-state index is 13.3. The molecule has 0 radical (unpaired) electrons. The highest BCUT2D eigenvalue weighted by molar-refractivity contribution is 5.95. The van der Waals surface area contributed by atoms with E-state index >= 15 is 0 Å². The number of likely N-dealkylation sites (N-methyl/N-ethyl adjacent to an activating group) is 1. The van der Waals surface area contributed by atoms with Crippen molar-refractivity contribution in [2.45, 2.75) is 56.6 Å². The monoisotopic (exact) mass is 401 g/mol. The molecular formula is C22H31N3O4. The van der Waals surface area contributed by atoms with Crippen molar-refractivity contribution in [2.24, 2.45) is 0 Å². The molecule has 2 aliphatic heterocycles. The number of aliphatic hydroxyl groups is 1. The molecule has 1 aliphatic carbocycles. The number of benzene rings is 1. The van der Waals surface area contributed by atoms with Crippen molar-refractivity contribution in [1.29, 1.82) is 0 Å². The first-order valence-electron chi connectivity index (χ1n) is 10.6. The molecule has 3 amide bonds. The zero-order valence-electron chi connectivity index (χ0n) is 17.5. The van der Waals surface area contributed by atoms with E-state index in [0.717, 1.165) is 24.2 Å². The van der Waals surface area contributed by atoms with E-state index in [0.29, 0.717) is 32.4 Å². The van der Waals surface area contributed by atoms with Gasteiger partial charge in [-0.25, -0.2) is 4.79 Å². The SMILES string of the molecule is CCN1C(=O)C[C@]23CCN(CC)[C@H](Cc4ccc(O)cc42)[C@]3(O)CCN(C)C1=O. The van der Waals surface area contributed by atoms with Gasteiger partial charge in [-0.1, -0.05) is 13.0 Å². The van der Waals surface area contributed by atoms with Crippen LogP contribution < -0.4 is 0 Å². The number of urea groups is 1. The third-order valence-electron chi connectivity index (χ3n) is 7.53. The number of rotatable bonds is 2. The van der Waals surface area contributed by atoms with Crippen molar-refractivity contribution in [1.82, 2.24) is 14.7 Å². The van der Waals surface area contributed by atoms with E-state index in [-0.39, 0.29) is 30.2 Å². The molecule has 4 rings (SSSR count). The van der Waals surface area contributed by atoms with Gasteiger partial charge >= 0.3 is 6.03 Å². The number of phenolic OH excluding ortho intramolecular Hbond substituents is 1. The summed E-state index contributed by atoms with van der Waals surface area (Å²) in [6.45, 7) is 6.17. The maximum Gasteiger partial charge on any atom is 0.326 e. The van der Waals surface area contributed by atoms with Gasteiger partial charge in [0, 0.05) is 38.0 Å². The van der Waals surface area contributed by atoms with Crippen LogP contribution in [0, 0.1) is 0 Å². The first-order valence-corrected chi connectivity index (χ1v) is 10.6. The number of hydrogen-bond donors (Lipinski definition) is 2. The van der Waals surface area contributed by atoms with Crippen molar-refractivity contribution in [3.05, 3.63) is 29.3 Å². The van der Waals surface area contributed by atoms with Gasteiger partial charge < -0.3 is 15.1 Å². The summed E-state index contributed by atoms with van der Waals surface area (Å²) in [6, 6.07) is 4.89. The lowest BCUT2D eigenvalue weighted by Gasteiger charge is -2.61. The van der Waals surface area contributed by atoms with Gasteiger partial charge in [0.15, 0.2) is 0 Å². The Balaban J connectivity index is 1.94. The van der Waals surface area contributed by atoms with E-state index in [1.165, 1.54) is 4.90 Å². The van der Waals surface area contributed by atoms with Gasteiger partial charge in [0.25, 0.3) is 0 Å². The van der Waals surface area contributed by atoms with Crippen LogP contribution in [0.5, 0.6) is 5.75 Å². The van der Waals surface area contributed by atoms with Gasteiger partial charge in [0.1, 0.15) is 5.75 Å². The number of likely N-dealkylation sites (tertiary alicyclic amines) is 1. The Hall–Kier alpha value is -2.12. The van der Waals surface area contributed by atoms with Crippen LogP contribution in [0.1, 0.15) is 44.2 Å². The molecule has 7 heteroatoms. The molecule has 2 fully saturated rings. The summed E-state index contributed by atoms with van der Waals surface area (Å²) in [6.07, 6.45) is 1.76. The second kappa shape index (κ2) is 6.99. The lowest BCUT2D eigenvalue weighted by molar-refractivity contribution is -0.160. The highest BCUT2D eigenvalue weighted by atomic mass is 16.3. The van der Waals surface area contributed by atoms with Crippen LogP contribution in [0.4, 0.5) is 4.79 Å². The van der Waals surface area contributed by atoms with Crippen LogP contribution in [0.2, 0.25) is 0 Å². The van der Waals surface area contributed by atoms with Gasteiger partial charge in [-0.2, -0.15) is 0 Å². The van der Waals surface area contributed by atoms with Gasteiger partial charge in [0.2, 0.25) is 5.91 Å². The smallest absolute Gasteiger partial charge is 0.326 e. The first-order chi connectivity index (χ1) is 13.8. The van der Waals surface area contributed by atoms with Crippen molar-refractivity contribution in [2.75, 3.05) is 33.2 Å². The lowest BCUT2D eigenvalue weighted by atomic mass is 9.52. The largest absolute Gasteiger partial charge is 0.508 e. The van der Waals surface area contributed by atoms with Crippen LogP contribution in [0.25, 0.3) is 0 Å². The third kappa shape index (κ3) is 2.78. The maximum atomic E-state index is 13.3. The van der Waals surface area contributed by atoms with Crippen LogP contribution in [-0.2, 0) is 16.6 Å². The molecule has 3 atom stereocenters. The van der Waals surface area contributed by atoms with Crippen LogP contribution >= 0.6 is 0 Å². The van der Waals surface area contributed by atoms with Gasteiger partial charge in [-0.15, -0.1) is 0 Å². The Bertz CT molecular complexity index is 843. The molecule has 158 valence electrons. The normalized spacial score (nSPS) is 32.9. The summed E-state index contributed by atoms with van der Waals surface area (Å²) in [5.41, 5.74) is -0.0273. The fourth-order valence-corrected chi connectivity index (χ4v) is 5.92. The number of fused-ring (bicyclic) bond motifs is 1. The average molecular weight is 402 g/mol. The molecule has 3 aliphatic rings. The number of nitrogens with zero attached hydrogens (tertiary/aromatic N) is 3. The number of aromatic hydroxyl groups is 1. The van der Waals surface area contributed by atoms with Crippen molar-refractivity contribution in [3.8, 4) is 5.75 Å². The molecule has 0 aromatic heterocycles. The van der Waals surface area contributed by atoms with E-state index < -0.39 is 11.0 Å². The van der Waals surface area contributed by atoms with E-state index in [2.05, 4.69) is 11.8 Å². The Morgan fingerprint density at radius 1 is 1.14 bits per heavy atom. The second-order valence-corrected chi connectivity index (χ2v) is 8.72. The van der Waals surface area contributed by atoms with Crippen molar-refractivity contribution < 1.29 is 19.8 Å². The molecule has 7 nitrogen and oxygen atoms in total. The summed E-state index contributed by atoms with van der Waals surface area (Å²) < 4.78 is 0. The molecule has 0 saturated carbocycles. The molecule has 0 spiro atoms. The number of carbonyl (C=O) groups excluding carboxylic acids is 2. The molecule has 2 N–H and O–H groups in total. The molecule has 2 heterocycles. The third-order valence-corrected chi connectivity index (χ3v) is 7.53. The summed E-state index contributed by atoms with van der Waals surface area (Å²) in [4.78, 5) is 31.3. The van der Waals surface area contributed by atoms with Crippen molar-refractivity contribution >= 4 is 11.9 Å². The van der Waals surface area contributed by atoms with E-state index in [1.54, 1.807) is 31.0 Å². The Kier molecular flexibility index (Phi) is 4.86. The van der Waals surface area contributed by atoms with Crippen molar-refractivity contribution in [3.63, 3.8) is 0 Å². The molecular weight excluding hydrogens is 370 g/mol. The average Bonchev–Trinajstić information content (AvgIpc) is 2.72. The number of piperidine rings is 1. The molecule has 1 aromatic rings. The lowest BCUT2D eigenvalue weighted by Crippen LogP contribution is -2.72. The Labute approximate surface area is 171 Å². The van der Waals surface area contributed by atoms with Crippen LogP contribution in [0.15, 0.2) is 18.2 Å². The fraction of sp³-hybridized carbons (Fsp3) is 0.636. The minimum Gasteiger partial charge on any atom is -0.508 e. The number of hydrogen-bond acceptors (Lipinski definition) is 5. The van der Waals surface area contributed by atoms with Gasteiger partial charge in [-0.3, -0.25) is 14.6 Å². The molecule has 2 saturated heterocycles. The number of carbonyl (C=O) groups is 2.